The molecule has 2 unspecified atom stereocenters. The minimum atomic E-state index is -0.466. The standard InChI is InChI=1S/C13H15BrO4/c1-16-6-7-17-13-10(15)8-12(13)18-11-5-3-2-4-9(11)14/h2-5,12-13H,6-8H2,1H3. The number of para-hydroxylation sites is 1. The van der Waals surface area contributed by atoms with Crippen molar-refractivity contribution in [3.8, 4) is 5.75 Å². The molecule has 1 aliphatic carbocycles. The molecule has 0 saturated heterocycles. The molecule has 18 heavy (non-hydrogen) atoms. The highest BCUT2D eigenvalue weighted by molar-refractivity contribution is 9.10. The number of carbonyl (C=O) groups excluding carboxylic acids is 1. The van der Waals surface area contributed by atoms with E-state index in [0.717, 1.165) is 10.2 Å². The molecule has 0 heterocycles. The van der Waals surface area contributed by atoms with Gasteiger partial charge in [0.05, 0.1) is 17.7 Å². The Labute approximate surface area is 114 Å². The lowest BCUT2D eigenvalue weighted by Crippen LogP contribution is -2.52. The van der Waals surface area contributed by atoms with Crippen LogP contribution in [0.25, 0.3) is 0 Å². The SMILES string of the molecule is COCCOC1C(=O)CC1Oc1ccccc1Br. The lowest BCUT2D eigenvalue weighted by Gasteiger charge is -2.34. The number of rotatable bonds is 6. The molecule has 1 aromatic rings. The number of Topliss-reactive ketones (excluding diaryl/α,β-unsaturated/α-hetero) is 1. The summed E-state index contributed by atoms with van der Waals surface area (Å²) in [5, 5.41) is 0. The largest absolute Gasteiger partial charge is 0.486 e. The van der Waals surface area contributed by atoms with E-state index >= 15 is 0 Å². The molecule has 98 valence electrons. The molecule has 0 N–H and O–H groups in total. The zero-order valence-electron chi connectivity index (χ0n) is 10.1. The average Bonchev–Trinajstić information content (AvgIpc) is 2.36. The molecule has 1 fully saturated rings. The first kappa shape index (κ1) is 13.5. The molecule has 2 atom stereocenters. The molecule has 0 spiro atoms. The van der Waals surface area contributed by atoms with Crippen molar-refractivity contribution in [2.24, 2.45) is 0 Å². The van der Waals surface area contributed by atoms with Crippen LogP contribution in [-0.2, 0) is 14.3 Å². The Morgan fingerprint density at radius 1 is 1.33 bits per heavy atom. The maximum atomic E-state index is 11.5. The molecular formula is C13H15BrO4. The summed E-state index contributed by atoms with van der Waals surface area (Å²) in [6, 6.07) is 7.56. The van der Waals surface area contributed by atoms with Crippen molar-refractivity contribution >= 4 is 21.7 Å². The number of carbonyl (C=O) groups is 1. The Hall–Kier alpha value is -0.910. The van der Waals surface area contributed by atoms with Gasteiger partial charge in [0.1, 0.15) is 11.9 Å². The normalized spacial score (nSPS) is 22.7. The summed E-state index contributed by atoms with van der Waals surface area (Å²) in [5.74, 6) is 0.818. The molecule has 2 rings (SSSR count). The van der Waals surface area contributed by atoms with Crippen molar-refractivity contribution in [1.29, 1.82) is 0 Å². The molecule has 0 amide bonds. The van der Waals surface area contributed by atoms with Crippen LogP contribution in [0.3, 0.4) is 0 Å². The minimum absolute atomic E-state index is 0.0863. The molecule has 0 aromatic heterocycles. The zero-order chi connectivity index (χ0) is 13.0. The van der Waals surface area contributed by atoms with Crippen molar-refractivity contribution in [3.05, 3.63) is 28.7 Å². The van der Waals surface area contributed by atoms with Crippen molar-refractivity contribution in [2.45, 2.75) is 18.6 Å². The van der Waals surface area contributed by atoms with Crippen LogP contribution in [0.2, 0.25) is 0 Å². The van der Waals surface area contributed by atoms with Gasteiger partial charge in [0, 0.05) is 13.5 Å². The first-order valence-corrected chi connectivity index (χ1v) is 6.56. The average molecular weight is 315 g/mol. The fourth-order valence-corrected chi connectivity index (χ4v) is 2.11. The molecule has 1 aromatic carbocycles. The smallest absolute Gasteiger partial charge is 0.169 e. The number of halogens is 1. The predicted molar refractivity (Wildman–Crippen MR) is 69.8 cm³/mol. The molecule has 4 nitrogen and oxygen atoms in total. The van der Waals surface area contributed by atoms with Crippen molar-refractivity contribution in [2.75, 3.05) is 20.3 Å². The second-order valence-electron chi connectivity index (χ2n) is 4.04. The van der Waals surface area contributed by atoms with Crippen molar-refractivity contribution in [3.63, 3.8) is 0 Å². The van der Waals surface area contributed by atoms with Crippen LogP contribution in [0.4, 0.5) is 0 Å². The Morgan fingerprint density at radius 3 is 2.78 bits per heavy atom. The molecule has 1 aliphatic rings. The van der Waals surface area contributed by atoms with Crippen molar-refractivity contribution < 1.29 is 19.0 Å². The van der Waals surface area contributed by atoms with E-state index in [1.54, 1.807) is 7.11 Å². The topological polar surface area (TPSA) is 44.8 Å². The van der Waals surface area contributed by atoms with E-state index < -0.39 is 6.10 Å². The summed E-state index contributed by atoms with van der Waals surface area (Å²) in [6.07, 6.45) is -0.265. The van der Waals surface area contributed by atoms with Gasteiger partial charge in [-0.3, -0.25) is 4.79 Å². The van der Waals surface area contributed by atoms with Crippen LogP contribution < -0.4 is 4.74 Å². The first-order valence-electron chi connectivity index (χ1n) is 5.77. The van der Waals surface area contributed by atoms with Crippen LogP contribution in [0.15, 0.2) is 28.7 Å². The molecular weight excluding hydrogens is 300 g/mol. The van der Waals surface area contributed by atoms with Gasteiger partial charge in [0.25, 0.3) is 0 Å². The lowest BCUT2D eigenvalue weighted by atomic mass is 9.90. The first-order chi connectivity index (χ1) is 8.72. The predicted octanol–water partition coefficient (Wildman–Crippen LogP) is 2.20. The number of ether oxygens (including phenoxy) is 3. The fourth-order valence-electron chi connectivity index (χ4n) is 1.73. The van der Waals surface area contributed by atoms with E-state index in [1.165, 1.54) is 0 Å². The van der Waals surface area contributed by atoms with Gasteiger partial charge in [-0.25, -0.2) is 0 Å². The van der Waals surface area contributed by atoms with E-state index in [4.69, 9.17) is 14.2 Å². The van der Waals surface area contributed by atoms with Gasteiger partial charge in [0.15, 0.2) is 11.9 Å². The number of hydrogen-bond acceptors (Lipinski definition) is 4. The van der Waals surface area contributed by atoms with E-state index in [2.05, 4.69) is 15.9 Å². The van der Waals surface area contributed by atoms with Gasteiger partial charge < -0.3 is 14.2 Å². The lowest BCUT2D eigenvalue weighted by molar-refractivity contribution is -0.156. The Morgan fingerprint density at radius 2 is 2.11 bits per heavy atom. The van der Waals surface area contributed by atoms with Crippen LogP contribution in [0.5, 0.6) is 5.75 Å². The van der Waals surface area contributed by atoms with Gasteiger partial charge in [-0.05, 0) is 28.1 Å². The van der Waals surface area contributed by atoms with Crippen LogP contribution in [0, 0.1) is 0 Å². The van der Waals surface area contributed by atoms with Crippen LogP contribution >= 0.6 is 15.9 Å². The summed E-state index contributed by atoms with van der Waals surface area (Å²) in [4.78, 5) is 11.5. The number of benzene rings is 1. The van der Waals surface area contributed by atoms with E-state index in [1.807, 2.05) is 24.3 Å². The number of ketones is 1. The zero-order valence-corrected chi connectivity index (χ0v) is 11.7. The summed E-state index contributed by atoms with van der Waals surface area (Å²) in [5.41, 5.74) is 0. The Kier molecular flexibility index (Phi) is 4.74. The molecule has 1 saturated carbocycles. The van der Waals surface area contributed by atoms with E-state index in [0.29, 0.717) is 19.6 Å². The second kappa shape index (κ2) is 6.31. The number of hydrogen-bond donors (Lipinski definition) is 0. The monoisotopic (exact) mass is 314 g/mol. The van der Waals surface area contributed by atoms with Crippen LogP contribution in [-0.4, -0.2) is 38.3 Å². The highest BCUT2D eigenvalue weighted by Gasteiger charge is 2.42. The Balaban J connectivity index is 1.90. The van der Waals surface area contributed by atoms with Gasteiger partial charge in [-0.2, -0.15) is 0 Å². The highest BCUT2D eigenvalue weighted by atomic mass is 79.9. The van der Waals surface area contributed by atoms with Gasteiger partial charge >= 0.3 is 0 Å². The highest BCUT2D eigenvalue weighted by Crippen LogP contribution is 2.30. The fraction of sp³-hybridized carbons (Fsp3) is 0.462. The molecule has 0 bridgehead atoms. The summed E-state index contributed by atoms with van der Waals surface area (Å²) < 4.78 is 17.0. The molecule has 0 aliphatic heterocycles. The van der Waals surface area contributed by atoms with E-state index in [-0.39, 0.29) is 11.9 Å². The molecule has 5 heteroatoms. The third-order valence-corrected chi connectivity index (χ3v) is 3.41. The maximum Gasteiger partial charge on any atom is 0.169 e. The third-order valence-electron chi connectivity index (χ3n) is 2.76. The van der Waals surface area contributed by atoms with Crippen molar-refractivity contribution in [1.82, 2.24) is 0 Å². The Bertz CT molecular complexity index is 421. The quantitative estimate of drug-likeness (QED) is 0.755. The maximum absolute atomic E-state index is 11.5. The van der Waals surface area contributed by atoms with Gasteiger partial charge in [-0.1, -0.05) is 12.1 Å². The number of methoxy groups -OCH3 is 1. The van der Waals surface area contributed by atoms with Crippen LogP contribution in [0.1, 0.15) is 6.42 Å². The second-order valence-corrected chi connectivity index (χ2v) is 4.90. The van der Waals surface area contributed by atoms with Gasteiger partial charge in [-0.15, -0.1) is 0 Å². The molecule has 0 radical (unpaired) electrons. The summed E-state index contributed by atoms with van der Waals surface area (Å²) in [7, 11) is 1.60. The minimum Gasteiger partial charge on any atom is -0.486 e. The summed E-state index contributed by atoms with van der Waals surface area (Å²) in [6.45, 7) is 0.883. The van der Waals surface area contributed by atoms with E-state index in [9.17, 15) is 4.79 Å². The third kappa shape index (κ3) is 3.10. The summed E-state index contributed by atoms with van der Waals surface area (Å²) >= 11 is 3.41. The van der Waals surface area contributed by atoms with Gasteiger partial charge in [0.2, 0.25) is 0 Å².